The molecule has 0 aliphatic carbocycles. The lowest BCUT2D eigenvalue weighted by Gasteiger charge is -2.00. The van der Waals surface area contributed by atoms with Crippen molar-refractivity contribution in [3.63, 3.8) is 0 Å². The third-order valence-corrected chi connectivity index (χ3v) is 3.36. The van der Waals surface area contributed by atoms with Gasteiger partial charge in [0, 0.05) is 10.9 Å². The molecule has 0 fully saturated rings. The van der Waals surface area contributed by atoms with Crippen LogP contribution in [0.3, 0.4) is 0 Å². The second-order valence-corrected chi connectivity index (χ2v) is 4.89. The summed E-state index contributed by atoms with van der Waals surface area (Å²) in [6.07, 6.45) is 1.14. The Morgan fingerprint density at radius 1 is 0.950 bits per heavy atom. The standard InChI is InChI=1S/C14H9F2N3S/c15-10-3-1-9(2-4-10)12-8-20-14(18-12)19-13-6-5-11(16)7-17-13/h1-8H,(H,17,18,19). The van der Waals surface area contributed by atoms with Gasteiger partial charge in [-0.2, -0.15) is 0 Å². The molecule has 1 N–H and O–H groups in total. The van der Waals surface area contributed by atoms with Crippen LogP contribution in [0.5, 0.6) is 0 Å². The quantitative estimate of drug-likeness (QED) is 0.784. The molecule has 2 heterocycles. The summed E-state index contributed by atoms with van der Waals surface area (Å²) in [6, 6.07) is 8.99. The van der Waals surface area contributed by atoms with Crippen molar-refractivity contribution in [3.8, 4) is 11.3 Å². The number of halogens is 2. The number of benzene rings is 1. The van der Waals surface area contributed by atoms with Crippen molar-refractivity contribution in [2.24, 2.45) is 0 Å². The third-order valence-electron chi connectivity index (χ3n) is 2.61. The van der Waals surface area contributed by atoms with E-state index in [1.807, 2.05) is 5.38 Å². The number of nitrogens with one attached hydrogen (secondary N) is 1. The van der Waals surface area contributed by atoms with Crippen LogP contribution >= 0.6 is 11.3 Å². The molecule has 20 heavy (non-hydrogen) atoms. The predicted molar refractivity (Wildman–Crippen MR) is 75.0 cm³/mol. The van der Waals surface area contributed by atoms with Crippen LogP contribution in [0.4, 0.5) is 19.7 Å². The van der Waals surface area contributed by atoms with Gasteiger partial charge in [0.15, 0.2) is 5.13 Å². The predicted octanol–water partition coefficient (Wildman–Crippen LogP) is 4.23. The Morgan fingerprint density at radius 3 is 2.40 bits per heavy atom. The van der Waals surface area contributed by atoms with Crippen LogP contribution in [0.1, 0.15) is 0 Å². The first-order valence-corrected chi connectivity index (χ1v) is 6.69. The second-order valence-electron chi connectivity index (χ2n) is 4.03. The number of nitrogens with zero attached hydrogens (tertiary/aromatic N) is 2. The fourth-order valence-corrected chi connectivity index (χ4v) is 2.37. The number of aromatic nitrogens is 2. The molecule has 0 atom stereocenters. The summed E-state index contributed by atoms with van der Waals surface area (Å²) in [5, 5.41) is 5.49. The zero-order valence-electron chi connectivity index (χ0n) is 10.2. The Hall–Kier alpha value is -2.34. The van der Waals surface area contributed by atoms with Gasteiger partial charge in [-0.25, -0.2) is 18.7 Å². The summed E-state index contributed by atoms with van der Waals surface area (Å²) in [5.74, 6) is -0.147. The summed E-state index contributed by atoms with van der Waals surface area (Å²) >= 11 is 1.40. The molecular formula is C14H9F2N3S. The largest absolute Gasteiger partial charge is 0.316 e. The minimum Gasteiger partial charge on any atom is -0.316 e. The number of hydrogen-bond acceptors (Lipinski definition) is 4. The van der Waals surface area contributed by atoms with Crippen molar-refractivity contribution >= 4 is 22.3 Å². The first-order valence-electron chi connectivity index (χ1n) is 5.81. The van der Waals surface area contributed by atoms with Gasteiger partial charge in [-0.05, 0) is 36.4 Å². The van der Waals surface area contributed by atoms with E-state index in [0.717, 1.165) is 17.5 Å². The SMILES string of the molecule is Fc1ccc(-c2csc(Nc3ccc(F)cn3)n2)cc1. The normalized spacial score (nSPS) is 10.5. The average molecular weight is 289 g/mol. The van der Waals surface area contributed by atoms with Crippen LogP contribution < -0.4 is 5.32 Å². The number of pyridine rings is 1. The first kappa shape index (κ1) is 12.7. The molecule has 0 aliphatic heterocycles. The summed E-state index contributed by atoms with van der Waals surface area (Å²) in [5.41, 5.74) is 1.59. The molecule has 2 aromatic heterocycles. The van der Waals surface area contributed by atoms with Gasteiger partial charge in [0.05, 0.1) is 11.9 Å². The van der Waals surface area contributed by atoms with Crippen molar-refractivity contribution in [2.75, 3.05) is 5.32 Å². The smallest absolute Gasteiger partial charge is 0.188 e. The molecule has 0 bridgehead atoms. The highest BCUT2D eigenvalue weighted by Crippen LogP contribution is 2.26. The van der Waals surface area contributed by atoms with E-state index in [-0.39, 0.29) is 11.6 Å². The van der Waals surface area contributed by atoms with E-state index in [0.29, 0.717) is 10.9 Å². The molecule has 1 aromatic carbocycles. The molecular weight excluding hydrogens is 280 g/mol. The van der Waals surface area contributed by atoms with Gasteiger partial charge < -0.3 is 5.32 Å². The molecule has 0 unspecified atom stereocenters. The molecule has 0 aliphatic rings. The molecule has 100 valence electrons. The Labute approximate surface area is 118 Å². The minimum atomic E-state index is -0.387. The number of rotatable bonds is 3. The summed E-state index contributed by atoms with van der Waals surface area (Å²) in [6.45, 7) is 0. The van der Waals surface area contributed by atoms with Crippen LogP contribution in [0.2, 0.25) is 0 Å². The molecule has 0 saturated carbocycles. The maximum Gasteiger partial charge on any atom is 0.188 e. The zero-order valence-corrected chi connectivity index (χ0v) is 11.0. The summed E-state index contributed by atoms with van der Waals surface area (Å²) in [4.78, 5) is 8.28. The molecule has 0 spiro atoms. The topological polar surface area (TPSA) is 37.8 Å². The van der Waals surface area contributed by atoms with E-state index >= 15 is 0 Å². The highest BCUT2D eigenvalue weighted by molar-refractivity contribution is 7.14. The Balaban J connectivity index is 1.80. The molecule has 6 heteroatoms. The van der Waals surface area contributed by atoms with Crippen molar-refractivity contribution in [1.29, 1.82) is 0 Å². The highest BCUT2D eigenvalue weighted by Gasteiger charge is 2.05. The van der Waals surface area contributed by atoms with E-state index < -0.39 is 0 Å². The van der Waals surface area contributed by atoms with Crippen molar-refractivity contribution in [2.45, 2.75) is 0 Å². The van der Waals surface area contributed by atoms with Crippen LogP contribution in [-0.2, 0) is 0 Å². The molecule has 3 aromatic rings. The first-order chi connectivity index (χ1) is 9.70. The molecule has 0 saturated heterocycles. The fourth-order valence-electron chi connectivity index (χ4n) is 1.64. The van der Waals surface area contributed by atoms with Gasteiger partial charge in [-0.1, -0.05) is 0 Å². The maximum atomic E-state index is 12.9. The molecule has 0 radical (unpaired) electrons. The summed E-state index contributed by atoms with van der Waals surface area (Å²) in [7, 11) is 0. The van der Waals surface area contributed by atoms with Gasteiger partial charge >= 0.3 is 0 Å². The van der Waals surface area contributed by atoms with Gasteiger partial charge in [0.2, 0.25) is 0 Å². The van der Waals surface area contributed by atoms with Gasteiger partial charge in [0.1, 0.15) is 17.5 Å². The lowest BCUT2D eigenvalue weighted by Crippen LogP contribution is -1.93. The Bertz CT molecular complexity index is 708. The minimum absolute atomic E-state index is 0.280. The summed E-state index contributed by atoms with van der Waals surface area (Å²) < 4.78 is 25.6. The van der Waals surface area contributed by atoms with Gasteiger partial charge in [-0.3, -0.25) is 0 Å². The van der Waals surface area contributed by atoms with E-state index in [4.69, 9.17) is 0 Å². The zero-order chi connectivity index (χ0) is 13.9. The second kappa shape index (κ2) is 5.34. The van der Waals surface area contributed by atoms with Gasteiger partial charge in [0.25, 0.3) is 0 Å². The van der Waals surface area contributed by atoms with Crippen molar-refractivity contribution in [3.05, 3.63) is 59.6 Å². The lowest BCUT2D eigenvalue weighted by atomic mass is 10.2. The van der Waals surface area contributed by atoms with E-state index in [9.17, 15) is 8.78 Å². The monoisotopic (exact) mass is 289 g/mol. The third kappa shape index (κ3) is 2.80. The number of anilines is 2. The van der Waals surface area contributed by atoms with E-state index in [1.165, 1.54) is 35.6 Å². The Morgan fingerprint density at radius 2 is 1.70 bits per heavy atom. The van der Waals surface area contributed by atoms with Crippen LogP contribution in [0.25, 0.3) is 11.3 Å². The number of thiazole rings is 1. The lowest BCUT2D eigenvalue weighted by molar-refractivity contribution is 0.622. The molecule has 3 rings (SSSR count). The fraction of sp³-hybridized carbons (Fsp3) is 0. The average Bonchev–Trinajstić information content (AvgIpc) is 2.91. The Kier molecular flexibility index (Phi) is 3.39. The highest BCUT2D eigenvalue weighted by atomic mass is 32.1. The van der Waals surface area contributed by atoms with Crippen LogP contribution in [0.15, 0.2) is 48.0 Å². The van der Waals surface area contributed by atoms with Crippen molar-refractivity contribution < 1.29 is 8.78 Å². The van der Waals surface area contributed by atoms with Crippen molar-refractivity contribution in [1.82, 2.24) is 9.97 Å². The van der Waals surface area contributed by atoms with Crippen LogP contribution in [-0.4, -0.2) is 9.97 Å². The maximum absolute atomic E-state index is 12.9. The molecule has 3 nitrogen and oxygen atoms in total. The van der Waals surface area contributed by atoms with Crippen LogP contribution in [0, 0.1) is 11.6 Å². The number of hydrogen-bond donors (Lipinski definition) is 1. The molecule has 0 amide bonds. The van der Waals surface area contributed by atoms with E-state index in [2.05, 4.69) is 15.3 Å². The van der Waals surface area contributed by atoms with E-state index in [1.54, 1.807) is 12.1 Å². The van der Waals surface area contributed by atoms with Gasteiger partial charge in [-0.15, -0.1) is 11.3 Å².